The van der Waals surface area contributed by atoms with Crippen molar-refractivity contribution >= 4 is 50.7 Å². The SMILES string of the molecule is Cc1ccc(N(CC(=O)N(Cc2c(Cl)cccc2Cl)[C@H](C)C(=O)NC(C)(C)C)S(=O)(=O)c2ccc(F)cc2)cc1. The van der Waals surface area contributed by atoms with Crippen LogP contribution >= 0.6 is 23.2 Å². The van der Waals surface area contributed by atoms with Crippen molar-refractivity contribution in [1.82, 2.24) is 10.2 Å². The molecule has 1 N–H and O–H groups in total. The topological polar surface area (TPSA) is 86.8 Å². The van der Waals surface area contributed by atoms with E-state index in [-0.39, 0.29) is 17.1 Å². The van der Waals surface area contributed by atoms with Gasteiger partial charge in [-0.2, -0.15) is 0 Å². The van der Waals surface area contributed by atoms with Gasteiger partial charge < -0.3 is 10.2 Å². The maximum Gasteiger partial charge on any atom is 0.264 e. The fraction of sp³-hybridized carbons (Fsp3) is 0.310. The number of amides is 2. The molecule has 0 fully saturated rings. The van der Waals surface area contributed by atoms with Crippen LogP contribution in [0.2, 0.25) is 10.0 Å². The minimum Gasteiger partial charge on any atom is -0.350 e. The highest BCUT2D eigenvalue weighted by molar-refractivity contribution is 7.92. The zero-order chi connectivity index (χ0) is 29.8. The number of anilines is 1. The van der Waals surface area contributed by atoms with Gasteiger partial charge in [-0.3, -0.25) is 13.9 Å². The molecule has 0 aliphatic rings. The molecule has 0 aromatic heterocycles. The average molecular weight is 609 g/mol. The molecule has 0 aliphatic heterocycles. The van der Waals surface area contributed by atoms with E-state index in [4.69, 9.17) is 23.2 Å². The highest BCUT2D eigenvalue weighted by Crippen LogP contribution is 2.28. The molecule has 3 rings (SSSR count). The minimum absolute atomic E-state index is 0.144. The Labute approximate surface area is 244 Å². The third-order valence-corrected chi connectivity index (χ3v) is 8.55. The van der Waals surface area contributed by atoms with Crippen molar-refractivity contribution in [3.05, 3.63) is 93.7 Å². The summed E-state index contributed by atoms with van der Waals surface area (Å²) in [5.74, 6) is -1.70. The first-order valence-corrected chi connectivity index (χ1v) is 14.7. The van der Waals surface area contributed by atoms with E-state index >= 15 is 0 Å². The maximum atomic E-state index is 14.0. The summed E-state index contributed by atoms with van der Waals surface area (Å²) >= 11 is 12.8. The molecule has 7 nitrogen and oxygen atoms in total. The first kappa shape index (κ1) is 31.4. The summed E-state index contributed by atoms with van der Waals surface area (Å²) < 4.78 is 42.0. The van der Waals surface area contributed by atoms with Crippen molar-refractivity contribution < 1.29 is 22.4 Å². The molecule has 0 unspecified atom stereocenters. The molecule has 40 heavy (non-hydrogen) atoms. The molecule has 0 radical (unpaired) electrons. The van der Waals surface area contributed by atoms with Gasteiger partial charge in [-0.25, -0.2) is 12.8 Å². The molecule has 1 atom stereocenters. The summed E-state index contributed by atoms with van der Waals surface area (Å²) in [6.45, 7) is 8.04. The van der Waals surface area contributed by atoms with Crippen LogP contribution in [-0.2, 0) is 26.2 Å². The van der Waals surface area contributed by atoms with E-state index < -0.39 is 45.8 Å². The van der Waals surface area contributed by atoms with Crippen LogP contribution in [0.5, 0.6) is 0 Å². The quantitative estimate of drug-likeness (QED) is 0.325. The normalized spacial score (nSPS) is 12.5. The number of nitrogens with zero attached hydrogens (tertiary/aromatic N) is 2. The molecule has 11 heteroatoms. The predicted octanol–water partition coefficient (Wildman–Crippen LogP) is 5.97. The molecule has 0 aliphatic carbocycles. The molecular weight excluding hydrogens is 576 g/mol. The zero-order valence-corrected chi connectivity index (χ0v) is 25.2. The highest BCUT2D eigenvalue weighted by atomic mass is 35.5. The lowest BCUT2D eigenvalue weighted by Crippen LogP contribution is -2.54. The first-order chi connectivity index (χ1) is 18.6. The van der Waals surface area contributed by atoms with Crippen LogP contribution in [0.15, 0.2) is 71.6 Å². The largest absolute Gasteiger partial charge is 0.350 e. The van der Waals surface area contributed by atoms with Crippen LogP contribution in [-0.4, -0.2) is 43.3 Å². The Kier molecular flexibility index (Phi) is 9.87. The van der Waals surface area contributed by atoms with Crippen LogP contribution in [0, 0.1) is 12.7 Å². The van der Waals surface area contributed by atoms with Crippen LogP contribution in [0.4, 0.5) is 10.1 Å². The van der Waals surface area contributed by atoms with Gasteiger partial charge in [-0.1, -0.05) is 47.0 Å². The van der Waals surface area contributed by atoms with E-state index in [1.54, 1.807) is 49.4 Å². The number of sulfonamides is 1. The Morgan fingerprint density at radius 3 is 2.02 bits per heavy atom. The molecule has 3 aromatic rings. The summed E-state index contributed by atoms with van der Waals surface area (Å²) in [7, 11) is -4.31. The van der Waals surface area contributed by atoms with Gasteiger partial charge in [0, 0.05) is 27.7 Å². The number of aryl methyl sites for hydroxylation is 1. The minimum atomic E-state index is -4.31. The number of benzene rings is 3. The van der Waals surface area contributed by atoms with Gasteiger partial charge in [0.25, 0.3) is 10.0 Å². The third kappa shape index (κ3) is 7.74. The van der Waals surface area contributed by atoms with Crippen LogP contribution in [0.25, 0.3) is 0 Å². The molecule has 0 saturated carbocycles. The number of halogens is 3. The second kappa shape index (κ2) is 12.6. The summed E-state index contributed by atoms with van der Waals surface area (Å²) in [4.78, 5) is 28.2. The Balaban J connectivity index is 2.07. The number of carbonyl (C=O) groups is 2. The molecule has 0 saturated heterocycles. The number of carbonyl (C=O) groups excluding carboxylic acids is 2. The fourth-order valence-corrected chi connectivity index (χ4v) is 5.82. The summed E-state index contributed by atoms with van der Waals surface area (Å²) in [6, 6.07) is 14.8. The van der Waals surface area contributed by atoms with Gasteiger partial charge in [0.2, 0.25) is 11.8 Å². The van der Waals surface area contributed by atoms with E-state index in [1.165, 1.54) is 4.90 Å². The number of hydrogen-bond acceptors (Lipinski definition) is 4. The third-order valence-electron chi connectivity index (χ3n) is 6.06. The Hall–Kier alpha value is -3.14. The van der Waals surface area contributed by atoms with Crippen LogP contribution in [0.3, 0.4) is 0 Å². The molecule has 0 bridgehead atoms. The van der Waals surface area contributed by atoms with Gasteiger partial charge >= 0.3 is 0 Å². The van der Waals surface area contributed by atoms with Crippen molar-refractivity contribution in [3.8, 4) is 0 Å². The predicted molar refractivity (Wildman–Crippen MR) is 156 cm³/mol. The van der Waals surface area contributed by atoms with E-state index in [9.17, 15) is 22.4 Å². The van der Waals surface area contributed by atoms with Gasteiger partial charge in [-0.05, 0) is 83.1 Å². The van der Waals surface area contributed by atoms with Crippen LogP contribution < -0.4 is 9.62 Å². The molecular formula is C29H32Cl2FN3O4S. The van der Waals surface area contributed by atoms with E-state index in [0.717, 1.165) is 34.1 Å². The van der Waals surface area contributed by atoms with Gasteiger partial charge in [0.1, 0.15) is 18.4 Å². The Morgan fingerprint density at radius 2 is 1.50 bits per heavy atom. The standard InChI is InChI=1S/C29H32Cl2FN3O4S/c1-19-9-13-22(14-10-19)35(40(38,39)23-15-11-21(32)12-16-23)18-27(36)34(20(2)28(37)33-29(3,4)5)17-24-25(30)7-6-8-26(24)31/h6-16,20H,17-18H2,1-5H3,(H,33,37)/t20-/m1/s1. The second-order valence-corrected chi connectivity index (χ2v) is 13.1. The maximum absolute atomic E-state index is 14.0. The molecule has 3 aromatic carbocycles. The van der Waals surface area contributed by atoms with E-state index in [2.05, 4.69) is 5.32 Å². The van der Waals surface area contributed by atoms with Crippen molar-refractivity contribution in [3.63, 3.8) is 0 Å². The molecule has 0 spiro atoms. The first-order valence-electron chi connectivity index (χ1n) is 12.5. The van der Waals surface area contributed by atoms with Crippen molar-refractivity contribution in [2.24, 2.45) is 0 Å². The lowest BCUT2D eigenvalue weighted by atomic mass is 10.1. The summed E-state index contributed by atoms with van der Waals surface area (Å²) in [5.41, 5.74) is 0.947. The number of nitrogens with one attached hydrogen (secondary N) is 1. The number of hydrogen-bond donors (Lipinski definition) is 1. The van der Waals surface area contributed by atoms with E-state index in [1.807, 2.05) is 27.7 Å². The monoisotopic (exact) mass is 607 g/mol. The lowest BCUT2D eigenvalue weighted by Gasteiger charge is -2.33. The second-order valence-electron chi connectivity index (χ2n) is 10.4. The fourth-order valence-electron chi connectivity index (χ4n) is 3.88. The van der Waals surface area contributed by atoms with Crippen LogP contribution in [0.1, 0.15) is 38.8 Å². The van der Waals surface area contributed by atoms with Crippen molar-refractivity contribution in [1.29, 1.82) is 0 Å². The average Bonchev–Trinajstić information content (AvgIpc) is 2.86. The van der Waals surface area contributed by atoms with Crippen molar-refractivity contribution in [2.75, 3.05) is 10.8 Å². The lowest BCUT2D eigenvalue weighted by molar-refractivity contribution is -0.140. The Morgan fingerprint density at radius 1 is 0.950 bits per heavy atom. The molecule has 0 heterocycles. The Bertz CT molecular complexity index is 1450. The highest BCUT2D eigenvalue weighted by Gasteiger charge is 2.34. The van der Waals surface area contributed by atoms with E-state index in [0.29, 0.717) is 15.6 Å². The molecule has 2 amide bonds. The smallest absolute Gasteiger partial charge is 0.264 e. The summed E-state index contributed by atoms with van der Waals surface area (Å²) in [6.07, 6.45) is 0. The molecule has 214 valence electrons. The van der Waals surface area contributed by atoms with Crippen molar-refractivity contribution in [2.45, 2.75) is 57.6 Å². The number of rotatable bonds is 9. The van der Waals surface area contributed by atoms with Gasteiger partial charge in [0.15, 0.2) is 0 Å². The van der Waals surface area contributed by atoms with Gasteiger partial charge in [0.05, 0.1) is 10.6 Å². The summed E-state index contributed by atoms with van der Waals surface area (Å²) in [5, 5.41) is 3.44. The zero-order valence-electron chi connectivity index (χ0n) is 22.9. The van der Waals surface area contributed by atoms with Gasteiger partial charge in [-0.15, -0.1) is 0 Å².